The lowest BCUT2D eigenvalue weighted by Crippen LogP contribution is -2.14. The van der Waals surface area contributed by atoms with Crippen molar-refractivity contribution in [2.45, 2.75) is 17.2 Å². The lowest BCUT2D eigenvalue weighted by Gasteiger charge is -2.11. The molecule has 0 fully saturated rings. The summed E-state index contributed by atoms with van der Waals surface area (Å²) in [5.41, 5.74) is 2.04. The third-order valence-electron chi connectivity index (χ3n) is 4.53. The van der Waals surface area contributed by atoms with Crippen LogP contribution < -0.4 is 4.72 Å². The van der Waals surface area contributed by atoms with E-state index in [2.05, 4.69) is 19.8 Å². The summed E-state index contributed by atoms with van der Waals surface area (Å²) in [7, 11) is -3.39. The molecule has 164 valence electrons. The van der Waals surface area contributed by atoms with E-state index >= 15 is 0 Å². The molecular formula is C21H18FN5O3S2. The summed E-state index contributed by atoms with van der Waals surface area (Å²) in [5, 5.41) is 5.15. The minimum atomic E-state index is -3.39. The number of nitrogens with zero attached hydrogens (tertiary/aromatic N) is 4. The molecule has 0 radical (unpaired) electrons. The molecule has 0 aliphatic rings. The molecule has 1 N–H and O–H groups in total. The van der Waals surface area contributed by atoms with E-state index in [1.165, 1.54) is 30.2 Å². The highest BCUT2D eigenvalue weighted by Crippen LogP contribution is 2.30. The number of thioether (sulfide) groups is 1. The molecule has 8 nitrogen and oxygen atoms in total. The summed E-state index contributed by atoms with van der Waals surface area (Å²) >= 11 is 1.28. The van der Waals surface area contributed by atoms with E-state index in [9.17, 15) is 17.6 Å². The Morgan fingerprint density at radius 2 is 1.78 bits per heavy atom. The van der Waals surface area contributed by atoms with Crippen LogP contribution in [0.1, 0.15) is 17.3 Å². The molecule has 1 atom stereocenters. The van der Waals surface area contributed by atoms with Crippen LogP contribution in [0.4, 0.5) is 10.1 Å². The fraction of sp³-hybridized carbons (Fsp3) is 0.143. The molecular weight excluding hydrogens is 453 g/mol. The summed E-state index contributed by atoms with van der Waals surface area (Å²) in [6.45, 7) is 1.77. The van der Waals surface area contributed by atoms with Crippen LogP contribution in [-0.4, -0.2) is 45.5 Å². The van der Waals surface area contributed by atoms with Crippen LogP contribution in [0.3, 0.4) is 0 Å². The first-order chi connectivity index (χ1) is 15.2. The zero-order chi connectivity index (χ0) is 22.9. The van der Waals surface area contributed by atoms with Crippen molar-refractivity contribution in [2.24, 2.45) is 0 Å². The normalized spacial score (nSPS) is 12.6. The number of nitrogens with one attached hydrogen (secondary N) is 1. The number of sulfonamides is 1. The molecule has 4 aromatic rings. The van der Waals surface area contributed by atoms with Crippen LogP contribution in [0.25, 0.3) is 16.7 Å². The van der Waals surface area contributed by atoms with Gasteiger partial charge in [-0.25, -0.2) is 27.5 Å². The standard InChI is InChI=1S/C21H18FN5O3S2/c1-13(19(28)14-3-7-16(8-4-14)26-32(2,29)30)31-21-18-11-25-27(20(18)23-12-24-21)17-9-5-15(22)6-10-17/h3-13,26H,1-2H3. The van der Waals surface area contributed by atoms with Crippen molar-refractivity contribution in [2.75, 3.05) is 11.0 Å². The van der Waals surface area contributed by atoms with Crippen LogP contribution in [0.15, 0.2) is 66.1 Å². The number of hydrogen-bond donors (Lipinski definition) is 1. The lowest BCUT2D eigenvalue weighted by atomic mass is 10.1. The molecule has 1 unspecified atom stereocenters. The van der Waals surface area contributed by atoms with Gasteiger partial charge in [-0.3, -0.25) is 9.52 Å². The number of fused-ring (bicyclic) bond motifs is 1. The van der Waals surface area contributed by atoms with Crippen LogP contribution in [0, 0.1) is 5.82 Å². The molecule has 11 heteroatoms. The van der Waals surface area contributed by atoms with Crippen molar-refractivity contribution >= 4 is 44.3 Å². The third kappa shape index (κ3) is 4.78. The smallest absolute Gasteiger partial charge is 0.229 e. The quantitative estimate of drug-likeness (QED) is 0.249. The second-order valence-corrected chi connectivity index (χ2v) is 10.1. The van der Waals surface area contributed by atoms with Gasteiger partial charge < -0.3 is 0 Å². The minimum absolute atomic E-state index is 0.126. The molecule has 32 heavy (non-hydrogen) atoms. The fourth-order valence-electron chi connectivity index (χ4n) is 3.06. The average Bonchev–Trinajstić information content (AvgIpc) is 3.18. The van der Waals surface area contributed by atoms with Gasteiger partial charge in [0.15, 0.2) is 11.4 Å². The van der Waals surface area contributed by atoms with Gasteiger partial charge >= 0.3 is 0 Å². The average molecular weight is 472 g/mol. The Morgan fingerprint density at radius 1 is 1.09 bits per heavy atom. The maximum atomic E-state index is 13.2. The maximum Gasteiger partial charge on any atom is 0.229 e. The number of Topliss-reactive ketones (excluding diaryl/α,β-unsaturated/α-hetero) is 1. The van der Waals surface area contributed by atoms with E-state index in [1.807, 2.05) is 0 Å². The molecule has 0 saturated carbocycles. The molecule has 0 aliphatic carbocycles. The highest BCUT2D eigenvalue weighted by Gasteiger charge is 2.20. The van der Waals surface area contributed by atoms with Crippen molar-refractivity contribution in [1.29, 1.82) is 0 Å². The van der Waals surface area contributed by atoms with E-state index in [4.69, 9.17) is 0 Å². The van der Waals surface area contributed by atoms with Gasteiger partial charge in [0.05, 0.1) is 28.8 Å². The Labute approximate surface area is 187 Å². The molecule has 0 aliphatic heterocycles. The van der Waals surface area contributed by atoms with Gasteiger partial charge in [-0.1, -0.05) is 11.8 Å². The van der Waals surface area contributed by atoms with Crippen molar-refractivity contribution in [3.8, 4) is 5.69 Å². The van der Waals surface area contributed by atoms with Crippen LogP contribution in [-0.2, 0) is 10.0 Å². The van der Waals surface area contributed by atoms with Gasteiger partial charge in [-0.2, -0.15) is 5.10 Å². The lowest BCUT2D eigenvalue weighted by molar-refractivity contribution is 0.0994. The van der Waals surface area contributed by atoms with E-state index in [0.717, 1.165) is 6.26 Å². The molecule has 0 spiro atoms. The molecule has 2 heterocycles. The number of benzene rings is 2. The van der Waals surface area contributed by atoms with Gasteiger partial charge in [0.2, 0.25) is 10.0 Å². The summed E-state index contributed by atoms with van der Waals surface area (Å²) in [6, 6.07) is 12.1. The Kier molecular flexibility index (Phi) is 5.94. The van der Waals surface area contributed by atoms with E-state index in [1.54, 1.807) is 54.2 Å². The zero-order valence-corrected chi connectivity index (χ0v) is 18.7. The highest BCUT2D eigenvalue weighted by atomic mass is 32.2. The Bertz CT molecular complexity index is 1390. The number of hydrogen-bond acceptors (Lipinski definition) is 7. The summed E-state index contributed by atoms with van der Waals surface area (Å²) < 4.78 is 39.8. The first-order valence-electron chi connectivity index (χ1n) is 9.45. The van der Waals surface area contributed by atoms with Gasteiger partial charge in [0, 0.05) is 11.3 Å². The SMILES string of the molecule is CC(Sc1ncnc2c1cnn2-c1ccc(F)cc1)C(=O)c1ccc(NS(C)(=O)=O)cc1. The number of rotatable bonds is 7. The largest absolute Gasteiger partial charge is 0.293 e. The van der Waals surface area contributed by atoms with Gasteiger partial charge in [0.25, 0.3) is 0 Å². The number of carbonyl (C=O) groups is 1. The number of anilines is 1. The number of ketones is 1. The van der Waals surface area contributed by atoms with E-state index in [0.29, 0.717) is 33.0 Å². The molecule has 0 saturated heterocycles. The first kappa shape index (κ1) is 21.9. The monoisotopic (exact) mass is 471 g/mol. The van der Waals surface area contributed by atoms with E-state index in [-0.39, 0.29) is 11.6 Å². The maximum absolute atomic E-state index is 13.2. The second-order valence-electron chi connectivity index (χ2n) is 7.02. The first-order valence-corrected chi connectivity index (χ1v) is 12.2. The number of aromatic nitrogens is 4. The predicted octanol–water partition coefficient (Wildman–Crippen LogP) is 3.69. The van der Waals surface area contributed by atoms with Crippen molar-refractivity contribution in [1.82, 2.24) is 19.7 Å². The van der Waals surface area contributed by atoms with Gasteiger partial charge in [0.1, 0.15) is 17.2 Å². The second kappa shape index (κ2) is 8.67. The van der Waals surface area contributed by atoms with Crippen molar-refractivity contribution in [3.63, 3.8) is 0 Å². The zero-order valence-electron chi connectivity index (χ0n) is 17.1. The fourth-order valence-corrected chi connectivity index (χ4v) is 4.58. The molecule has 2 aromatic carbocycles. The Balaban J connectivity index is 1.55. The summed E-state index contributed by atoms with van der Waals surface area (Å²) in [4.78, 5) is 21.5. The predicted molar refractivity (Wildman–Crippen MR) is 121 cm³/mol. The van der Waals surface area contributed by atoms with Gasteiger partial charge in [-0.05, 0) is 55.5 Å². The molecule has 2 aromatic heterocycles. The molecule has 0 amide bonds. The van der Waals surface area contributed by atoms with Gasteiger partial charge in [-0.15, -0.1) is 0 Å². The van der Waals surface area contributed by atoms with Crippen LogP contribution in [0.2, 0.25) is 0 Å². The molecule has 4 rings (SSSR count). The van der Waals surface area contributed by atoms with Crippen molar-refractivity contribution < 1.29 is 17.6 Å². The van der Waals surface area contributed by atoms with Crippen LogP contribution >= 0.6 is 11.8 Å². The summed E-state index contributed by atoms with van der Waals surface area (Å²) in [6.07, 6.45) is 4.07. The number of halogens is 1. The Hall–Kier alpha value is -3.31. The summed E-state index contributed by atoms with van der Waals surface area (Å²) in [5.74, 6) is -0.470. The Morgan fingerprint density at radius 3 is 2.44 bits per heavy atom. The highest BCUT2D eigenvalue weighted by molar-refractivity contribution is 8.00. The number of carbonyl (C=O) groups excluding carboxylic acids is 1. The minimum Gasteiger partial charge on any atom is -0.293 e. The van der Waals surface area contributed by atoms with E-state index < -0.39 is 15.3 Å². The molecule has 0 bridgehead atoms. The topological polar surface area (TPSA) is 107 Å². The third-order valence-corrected chi connectivity index (χ3v) is 6.25. The van der Waals surface area contributed by atoms with Crippen molar-refractivity contribution in [3.05, 3.63) is 72.4 Å². The van der Waals surface area contributed by atoms with Crippen LogP contribution in [0.5, 0.6) is 0 Å².